The summed E-state index contributed by atoms with van der Waals surface area (Å²) < 4.78 is 0. The van der Waals surface area contributed by atoms with Gasteiger partial charge in [0, 0.05) is 5.41 Å². The third-order valence-corrected chi connectivity index (χ3v) is 9.56. The molecule has 0 aliphatic heterocycles. The molecule has 41 heavy (non-hydrogen) atoms. The molecule has 0 atom stereocenters. The summed E-state index contributed by atoms with van der Waals surface area (Å²) in [6, 6.07) is 49.8. The summed E-state index contributed by atoms with van der Waals surface area (Å²) in [5.74, 6) is 0. The van der Waals surface area contributed by atoms with E-state index < -0.39 is 0 Å². The molecule has 1 aliphatic rings. The van der Waals surface area contributed by atoms with Gasteiger partial charge in [-0.25, -0.2) is 0 Å². The van der Waals surface area contributed by atoms with E-state index >= 15 is 0 Å². The lowest BCUT2D eigenvalue weighted by Crippen LogP contribution is -2.16. The fraction of sp³-hybridized carbons (Fsp3) is 0.0732. The molecule has 0 heterocycles. The van der Waals surface area contributed by atoms with E-state index in [9.17, 15) is 0 Å². The Hall–Kier alpha value is -4.94. The van der Waals surface area contributed by atoms with Crippen LogP contribution in [0.3, 0.4) is 0 Å². The summed E-state index contributed by atoms with van der Waals surface area (Å²) in [6.07, 6.45) is 0. The van der Waals surface area contributed by atoms with E-state index in [1.54, 1.807) is 0 Å². The van der Waals surface area contributed by atoms with Crippen LogP contribution >= 0.6 is 0 Å². The average Bonchev–Trinajstić information content (AvgIpc) is 3.26. The van der Waals surface area contributed by atoms with Crippen molar-refractivity contribution in [1.29, 1.82) is 0 Å². The van der Waals surface area contributed by atoms with E-state index in [0.29, 0.717) is 0 Å². The van der Waals surface area contributed by atoms with Gasteiger partial charge in [-0.15, -0.1) is 0 Å². The number of hydrogen-bond acceptors (Lipinski definition) is 0. The van der Waals surface area contributed by atoms with Gasteiger partial charge in [-0.3, -0.25) is 0 Å². The van der Waals surface area contributed by atoms with E-state index in [2.05, 4.69) is 147 Å². The Kier molecular flexibility index (Phi) is 4.49. The van der Waals surface area contributed by atoms with Crippen LogP contribution in [0.5, 0.6) is 0 Å². The fourth-order valence-electron chi connectivity index (χ4n) is 7.69. The molecule has 0 unspecified atom stereocenters. The number of hydrogen-bond donors (Lipinski definition) is 0. The monoisotopic (exact) mass is 520 g/mol. The first-order valence-electron chi connectivity index (χ1n) is 14.5. The van der Waals surface area contributed by atoms with Crippen LogP contribution in [0.4, 0.5) is 0 Å². The third kappa shape index (κ3) is 3.05. The summed E-state index contributed by atoms with van der Waals surface area (Å²) >= 11 is 0. The van der Waals surface area contributed by atoms with E-state index in [1.807, 2.05) is 0 Å². The highest BCUT2D eigenvalue weighted by Gasteiger charge is 2.39. The van der Waals surface area contributed by atoms with E-state index in [1.165, 1.54) is 87.6 Å². The first kappa shape index (κ1) is 22.8. The minimum atomic E-state index is -0.139. The number of rotatable bonds is 2. The predicted octanol–water partition coefficient (Wildman–Crippen LogP) is 11.4. The molecular formula is C41H28. The first-order chi connectivity index (χ1) is 20.1. The molecule has 0 saturated heterocycles. The summed E-state index contributed by atoms with van der Waals surface area (Å²) in [5, 5.41) is 10.6. The molecule has 1 aliphatic carbocycles. The van der Waals surface area contributed by atoms with Crippen molar-refractivity contribution in [2.75, 3.05) is 0 Å². The minimum absolute atomic E-state index is 0.139. The predicted molar refractivity (Wildman–Crippen MR) is 176 cm³/mol. The molecule has 0 nitrogen and oxygen atoms in total. The molecule has 8 aromatic rings. The van der Waals surface area contributed by atoms with E-state index in [0.717, 1.165) is 0 Å². The molecular weight excluding hydrogens is 492 g/mol. The maximum atomic E-state index is 2.48. The molecule has 0 N–H and O–H groups in total. The van der Waals surface area contributed by atoms with Crippen LogP contribution in [0, 0.1) is 0 Å². The summed E-state index contributed by atoms with van der Waals surface area (Å²) in [4.78, 5) is 0. The van der Waals surface area contributed by atoms with Gasteiger partial charge in [0.2, 0.25) is 0 Å². The van der Waals surface area contributed by atoms with Crippen molar-refractivity contribution in [3.63, 3.8) is 0 Å². The van der Waals surface area contributed by atoms with Crippen LogP contribution in [-0.2, 0) is 5.41 Å². The molecule has 0 radical (unpaired) electrons. The van der Waals surface area contributed by atoms with Crippen molar-refractivity contribution in [3.8, 4) is 33.4 Å². The summed E-state index contributed by atoms with van der Waals surface area (Å²) in [7, 11) is 0. The molecule has 8 aromatic carbocycles. The minimum Gasteiger partial charge on any atom is -0.0622 e. The lowest BCUT2D eigenvalue weighted by molar-refractivity contribution is 0.663. The molecule has 0 spiro atoms. The van der Waals surface area contributed by atoms with Gasteiger partial charge >= 0.3 is 0 Å². The van der Waals surface area contributed by atoms with E-state index in [-0.39, 0.29) is 5.41 Å². The van der Waals surface area contributed by atoms with Crippen molar-refractivity contribution < 1.29 is 0 Å². The zero-order chi connectivity index (χ0) is 27.3. The van der Waals surface area contributed by atoms with E-state index in [4.69, 9.17) is 0 Å². The molecule has 0 saturated carbocycles. The molecule has 0 fully saturated rings. The number of benzene rings is 8. The Balaban J connectivity index is 1.32. The second-order valence-corrected chi connectivity index (χ2v) is 12.1. The highest BCUT2D eigenvalue weighted by molar-refractivity contribution is 6.25. The molecule has 0 aromatic heterocycles. The van der Waals surface area contributed by atoms with Gasteiger partial charge in [0.05, 0.1) is 0 Å². The van der Waals surface area contributed by atoms with Crippen LogP contribution in [-0.4, -0.2) is 0 Å². The summed E-state index contributed by atoms with van der Waals surface area (Å²) in [6.45, 7) is 4.82. The van der Waals surface area contributed by atoms with Gasteiger partial charge in [-0.2, -0.15) is 0 Å². The van der Waals surface area contributed by atoms with Crippen molar-refractivity contribution >= 4 is 43.1 Å². The maximum Gasteiger partial charge on any atom is 0.0165 e. The van der Waals surface area contributed by atoms with Gasteiger partial charge < -0.3 is 0 Å². The SMILES string of the molecule is CC1(C)c2cc(-c3ccc4ccc5cccc6ccc3c4c56)ccc2-c2c1c(-c1ccccc1)cc1ccccc21. The van der Waals surface area contributed by atoms with Crippen molar-refractivity contribution in [3.05, 3.63) is 145 Å². The second-order valence-electron chi connectivity index (χ2n) is 12.1. The Morgan fingerprint density at radius 3 is 1.90 bits per heavy atom. The quantitative estimate of drug-likeness (QED) is 0.199. The first-order valence-corrected chi connectivity index (χ1v) is 14.5. The van der Waals surface area contributed by atoms with Gasteiger partial charge in [-0.05, 0) is 99.7 Å². The smallest absolute Gasteiger partial charge is 0.0165 e. The second kappa shape index (κ2) is 8.05. The molecule has 0 bridgehead atoms. The van der Waals surface area contributed by atoms with Crippen molar-refractivity contribution in [1.82, 2.24) is 0 Å². The normalized spacial score (nSPS) is 13.8. The fourth-order valence-corrected chi connectivity index (χ4v) is 7.69. The zero-order valence-electron chi connectivity index (χ0n) is 23.2. The topological polar surface area (TPSA) is 0 Å². The standard InChI is InChI=1S/C41H28/c1-41(2)36-24-30(31-20-17-28-16-15-26-12-8-13-27-18-21-33(31)38(28)37(26)27)19-22-34(36)39-32-14-7-6-11-29(32)23-35(40(39)41)25-9-4-3-5-10-25/h3-24H,1-2H3. The van der Waals surface area contributed by atoms with Gasteiger partial charge in [-0.1, -0.05) is 135 Å². The largest absolute Gasteiger partial charge is 0.0622 e. The van der Waals surface area contributed by atoms with Crippen LogP contribution in [0.15, 0.2) is 133 Å². The molecule has 0 amide bonds. The van der Waals surface area contributed by atoms with Crippen molar-refractivity contribution in [2.24, 2.45) is 0 Å². The van der Waals surface area contributed by atoms with Crippen LogP contribution < -0.4 is 0 Å². The van der Waals surface area contributed by atoms with Crippen LogP contribution in [0.25, 0.3) is 76.5 Å². The Morgan fingerprint density at radius 1 is 0.415 bits per heavy atom. The average molecular weight is 521 g/mol. The lowest BCUT2D eigenvalue weighted by atomic mass is 9.77. The maximum absolute atomic E-state index is 2.48. The van der Waals surface area contributed by atoms with Gasteiger partial charge in [0.15, 0.2) is 0 Å². The van der Waals surface area contributed by atoms with Crippen LogP contribution in [0.1, 0.15) is 25.0 Å². The Morgan fingerprint density at radius 2 is 1.07 bits per heavy atom. The Labute approximate surface area is 239 Å². The summed E-state index contributed by atoms with van der Waals surface area (Å²) in [5.41, 5.74) is 10.7. The number of fused-ring (bicyclic) bond motifs is 5. The molecule has 9 rings (SSSR count). The molecule has 192 valence electrons. The Bertz CT molecular complexity index is 2300. The zero-order valence-corrected chi connectivity index (χ0v) is 23.2. The van der Waals surface area contributed by atoms with Gasteiger partial charge in [0.25, 0.3) is 0 Å². The molecule has 0 heteroatoms. The van der Waals surface area contributed by atoms with Gasteiger partial charge in [0.1, 0.15) is 0 Å². The highest BCUT2D eigenvalue weighted by atomic mass is 14.4. The van der Waals surface area contributed by atoms with Crippen LogP contribution in [0.2, 0.25) is 0 Å². The third-order valence-electron chi connectivity index (χ3n) is 9.56. The highest BCUT2D eigenvalue weighted by Crippen LogP contribution is 2.55. The van der Waals surface area contributed by atoms with Crippen molar-refractivity contribution in [2.45, 2.75) is 19.3 Å². The lowest BCUT2D eigenvalue weighted by Gasteiger charge is -2.25.